The molecule has 0 bridgehead atoms. The number of Topliss-reactive ketones (excluding diaryl/α,β-unsaturated/α-hetero) is 1. The minimum atomic E-state index is -2.58. The first kappa shape index (κ1) is 22.0. The summed E-state index contributed by atoms with van der Waals surface area (Å²) in [4.78, 5) is 24.3. The van der Waals surface area contributed by atoms with E-state index in [2.05, 4.69) is 18.9 Å². The number of hydrogen-bond donors (Lipinski definition) is 0. The third-order valence-corrected chi connectivity index (χ3v) is 4.78. The zero-order valence-electron chi connectivity index (χ0n) is 15.7. The van der Waals surface area contributed by atoms with Crippen molar-refractivity contribution in [1.82, 2.24) is 0 Å². The van der Waals surface area contributed by atoms with E-state index in [0.717, 1.165) is 0 Å². The van der Waals surface area contributed by atoms with Gasteiger partial charge in [-0.2, -0.15) is 0 Å². The van der Waals surface area contributed by atoms with Crippen LogP contribution in [-0.2, 0) is 14.3 Å². The lowest BCUT2D eigenvalue weighted by Crippen LogP contribution is -2.27. The van der Waals surface area contributed by atoms with Gasteiger partial charge in [-0.3, -0.25) is 9.59 Å². The highest BCUT2D eigenvalue weighted by Crippen LogP contribution is 2.36. The van der Waals surface area contributed by atoms with Gasteiger partial charge in [0.2, 0.25) is 5.92 Å². The highest BCUT2D eigenvalue weighted by molar-refractivity contribution is 6.08. The van der Waals surface area contributed by atoms with Gasteiger partial charge in [-0.25, -0.2) is 8.78 Å². The second kappa shape index (κ2) is 10.2. The highest BCUT2D eigenvalue weighted by Gasteiger charge is 2.35. The number of carbonyl (C=O) groups excluding carboxylic acids is 2. The second-order valence-electron chi connectivity index (χ2n) is 6.67. The molecular weight excluding hydrogens is 338 g/mol. The van der Waals surface area contributed by atoms with Gasteiger partial charge in [-0.15, -0.1) is 5.73 Å². The molecule has 26 heavy (non-hydrogen) atoms. The molecule has 1 aliphatic carbocycles. The molecule has 0 aliphatic heterocycles. The van der Waals surface area contributed by atoms with Gasteiger partial charge >= 0.3 is 5.97 Å². The fourth-order valence-electron chi connectivity index (χ4n) is 3.00. The Balaban J connectivity index is 2.55. The van der Waals surface area contributed by atoms with Crippen molar-refractivity contribution in [2.24, 2.45) is 5.92 Å². The van der Waals surface area contributed by atoms with Gasteiger partial charge in [0.1, 0.15) is 0 Å². The molecule has 3 nitrogen and oxygen atoms in total. The normalized spacial score (nSPS) is 17.7. The smallest absolute Gasteiger partial charge is 0.306 e. The minimum Gasteiger partial charge on any atom is -0.465 e. The summed E-state index contributed by atoms with van der Waals surface area (Å²) in [5.74, 6) is -3.11. The van der Waals surface area contributed by atoms with Crippen molar-refractivity contribution >= 4 is 11.8 Å². The van der Waals surface area contributed by atoms with Crippen LogP contribution in [0.4, 0.5) is 8.78 Å². The monoisotopic (exact) mass is 366 g/mol. The van der Waals surface area contributed by atoms with Gasteiger partial charge in [-0.05, 0) is 44.1 Å². The summed E-state index contributed by atoms with van der Waals surface area (Å²) in [6, 6.07) is 0. The SMILES string of the molecule is C=C=C(C)C(=O)C(CC)=C(C=C)CCC(=O)OCC1CCC(F)(F)CC1. The van der Waals surface area contributed by atoms with Crippen LogP contribution in [0.25, 0.3) is 0 Å². The lowest BCUT2D eigenvalue weighted by molar-refractivity contribution is -0.146. The topological polar surface area (TPSA) is 43.4 Å². The predicted molar refractivity (Wildman–Crippen MR) is 97.9 cm³/mol. The van der Waals surface area contributed by atoms with Crippen molar-refractivity contribution in [3.8, 4) is 0 Å². The van der Waals surface area contributed by atoms with E-state index < -0.39 is 5.92 Å². The summed E-state index contributed by atoms with van der Waals surface area (Å²) in [6.07, 6.45) is 3.04. The van der Waals surface area contributed by atoms with Crippen molar-refractivity contribution in [3.63, 3.8) is 0 Å². The molecular formula is C21H28F2O3. The van der Waals surface area contributed by atoms with E-state index in [1.165, 1.54) is 0 Å². The van der Waals surface area contributed by atoms with Crippen molar-refractivity contribution in [2.45, 2.75) is 64.7 Å². The third kappa shape index (κ3) is 6.72. The summed E-state index contributed by atoms with van der Waals surface area (Å²) in [5, 5.41) is 0. The maximum absolute atomic E-state index is 13.1. The van der Waals surface area contributed by atoms with Crippen molar-refractivity contribution in [2.75, 3.05) is 6.61 Å². The predicted octanol–water partition coefficient (Wildman–Crippen LogP) is 5.33. The number of ether oxygens (including phenoxy) is 1. The van der Waals surface area contributed by atoms with Crippen molar-refractivity contribution < 1.29 is 23.1 Å². The van der Waals surface area contributed by atoms with E-state index in [0.29, 0.717) is 42.4 Å². The molecule has 0 aromatic heterocycles. The molecule has 0 heterocycles. The Labute approximate surface area is 154 Å². The summed E-state index contributed by atoms with van der Waals surface area (Å²) in [5.41, 5.74) is 4.32. The fraction of sp³-hybridized carbons (Fsp3) is 0.571. The number of halogens is 2. The zero-order chi connectivity index (χ0) is 19.7. The van der Waals surface area contributed by atoms with Crippen LogP contribution in [0.5, 0.6) is 0 Å². The quantitative estimate of drug-likeness (QED) is 0.240. The summed E-state index contributed by atoms with van der Waals surface area (Å²) >= 11 is 0. The van der Waals surface area contributed by atoms with Gasteiger partial charge in [0, 0.05) is 30.4 Å². The van der Waals surface area contributed by atoms with Crippen LogP contribution in [0, 0.1) is 5.92 Å². The van der Waals surface area contributed by atoms with Crippen LogP contribution >= 0.6 is 0 Å². The lowest BCUT2D eigenvalue weighted by atomic mass is 9.87. The Morgan fingerprint density at radius 3 is 2.38 bits per heavy atom. The molecule has 0 aromatic carbocycles. The number of ketones is 1. The second-order valence-corrected chi connectivity index (χ2v) is 6.67. The summed E-state index contributed by atoms with van der Waals surface area (Å²) in [7, 11) is 0. The van der Waals surface area contributed by atoms with E-state index in [-0.39, 0.29) is 43.5 Å². The van der Waals surface area contributed by atoms with Gasteiger partial charge in [0.05, 0.1) is 6.61 Å². The molecule has 144 valence electrons. The fourth-order valence-corrected chi connectivity index (χ4v) is 3.00. The maximum atomic E-state index is 13.1. The molecule has 0 atom stereocenters. The average molecular weight is 366 g/mol. The number of carbonyl (C=O) groups is 2. The summed E-state index contributed by atoms with van der Waals surface area (Å²) < 4.78 is 31.5. The van der Waals surface area contributed by atoms with Crippen molar-refractivity contribution in [1.29, 1.82) is 0 Å². The number of allylic oxidation sites excluding steroid dienone is 4. The maximum Gasteiger partial charge on any atom is 0.306 e. The third-order valence-electron chi connectivity index (χ3n) is 4.78. The molecule has 0 amide bonds. The van der Waals surface area contributed by atoms with Crippen LogP contribution in [0.2, 0.25) is 0 Å². The number of hydrogen-bond acceptors (Lipinski definition) is 3. The van der Waals surface area contributed by atoms with E-state index in [1.807, 2.05) is 6.92 Å². The Bertz CT molecular complexity index is 615. The standard InChI is InChI=1S/C21H28F2O3/c1-5-15(4)20(25)18(7-3)17(6-2)8-9-19(24)26-14-16-10-12-21(22,23)13-11-16/h6,16H,1-2,7-14H2,3-4H3. The molecule has 0 aromatic rings. The summed E-state index contributed by atoms with van der Waals surface area (Å²) in [6.45, 7) is 10.9. The first-order chi connectivity index (χ1) is 12.2. The zero-order valence-corrected chi connectivity index (χ0v) is 15.7. The Morgan fingerprint density at radius 1 is 1.27 bits per heavy atom. The van der Waals surface area contributed by atoms with E-state index in [9.17, 15) is 18.4 Å². The first-order valence-corrected chi connectivity index (χ1v) is 9.03. The van der Waals surface area contributed by atoms with Gasteiger partial charge < -0.3 is 4.74 Å². The van der Waals surface area contributed by atoms with Crippen LogP contribution in [0.1, 0.15) is 58.8 Å². The number of esters is 1. The first-order valence-electron chi connectivity index (χ1n) is 9.03. The van der Waals surface area contributed by atoms with Gasteiger partial charge in [0.15, 0.2) is 5.78 Å². The van der Waals surface area contributed by atoms with E-state index in [1.54, 1.807) is 13.0 Å². The Morgan fingerprint density at radius 2 is 1.88 bits per heavy atom. The number of rotatable bonds is 9. The van der Waals surface area contributed by atoms with Gasteiger partial charge in [-0.1, -0.05) is 26.2 Å². The molecule has 0 N–H and O–H groups in total. The lowest BCUT2D eigenvalue weighted by Gasteiger charge is -2.27. The van der Waals surface area contributed by atoms with E-state index >= 15 is 0 Å². The van der Waals surface area contributed by atoms with Crippen LogP contribution in [0.15, 0.2) is 41.7 Å². The number of alkyl halides is 2. The minimum absolute atomic E-state index is 0.00107. The average Bonchev–Trinajstić information content (AvgIpc) is 2.62. The van der Waals surface area contributed by atoms with Gasteiger partial charge in [0.25, 0.3) is 0 Å². The molecule has 0 radical (unpaired) electrons. The van der Waals surface area contributed by atoms with Crippen LogP contribution in [0.3, 0.4) is 0 Å². The molecule has 1 fully saturated rings. The molecule has 5 heteroatoms. The molecule has 1 saturated carbocycles. The van der Waals surface area contributed by atoms with E-state index in [4.69, 9.17) is 4.74 Å². The highest BCUT2D eigenvalue weighted by atomic mass is 19.3. The van der Waals surface area contributed by atoms with Crippen LogP contribution < -0.4 is 0 Å². The molecule has 1 aliphatic rings. The molecule has 0 spiro atoms. The van der Waals surface area contributed by atoms with Crippen molar-refractivity contribution in [3.05, 3.63) is 41.7 Å². The van der Waals surface area contributed by atoms with Crippen LogP contribution in [-0.4, -0.2) is 24.3 Å². The Hall–Kier alpha value is -2.00. The molecule has 0 saturated heterocycles. The largest absolute Gasteiger partial charge is 0.465 e. The Kier molecular flexibility index (Phi) is 8.67. The molecule has 0 unspecified atom stereocenters. The molecule has 1 rings (SSSR count).